The van der Waals surface area contributed by atoms with E-state index in [1.54, 1.807) is 12.3 Å². The molecule has 0 amide bonds. The first kappa shape index (κ1) is 13.2. The Morgan fingerprint density at radius 2 is 2.05 bits per heavy atom. The summed E-state index contributed by atoms with van der Waals surface area (Å²) in [5, 5.41) is 3.21. The molecule has 0 atom stereocenters. The molecule has 0 fully saturated rings. The summed E-state index contributed by atoms with van der Waals surface area (Å²) in [7, 11) is 0. The molecule has 1 aromatic heterocycles. The molecule has 3 nitrogen and oxygen atoms in total. The molecular formula is C14H14F3N3. The quantitative estimate of drug-likeness (QED) is 0.917. The Morgan fingerprint density at radius 1 is 1.25 bits per heavy atom. The summed E-state index contributed by atoms with van der Waals surface area (Å²) in [5.74, 6) is 0.693. The van der Waals surface area contributed by atoms with E-state index in [1.165, 1.54) is 12.1 Å². The van der Waals surface area contributed by atoms with Crippen molar-refractivity contribution in [3.05, 3.63) is 53.1 Å². The van der Waals surface area contributed by atoms with Crippen LogP contribution in [0.5, 0.6) is 0 Å². The molecule has 20 heavy (non-hydrogen) atoms. The number of fused-ring (bicyclic) bond motifs is 1. The zero-order chi connectivity index (χ0) is 14.2. The van der Waals surface area contributed by atoms with Gasteiger partial charge in [0.25, 0.3) is 0 Å². The summed E-state index contributed by atoms with van der Waals surface area (Å²) in [5.41, 5.74) is 0.717. The second-order valence-corrected chi connectivity index (χ2v) is 4.83. The van der Waals surface area contributed by atoms with Crippen LogP contribution in [-0.2, 0) is 25.7 Å². The summed E-state index contributed by atoms with van der Waals surface area (Å²) >= 11 is 0. The fourth-order valence-electron chi connectivity index (χ4n) is 2.54. The van der Waals surface area contributed by atoms with Gasteiger partial charge in [-0.15, -0.1) is 0 Å². The Morgan fingerprint density at radius 3 is 2.85 bits per heavy atom. The van der Waals surface area contributed by atoms with Crippen molar-refractivity contribution < 1.29 is 13.2 Å². The highest BCUT2D eigenvalue weighted by Gasteiger charge is 2.33. The number of imidazole rings is 1. The smallest absolute Gasteiger partial charge is 0.329 e. The number of hydrogen-bond donors (Lipinski definition) is 1. The molecule has 2 aromatic rings. The van der Waals surface area contributed by atoms with Crippen molar-refractivity contribution in [3.8, 4) is 0 Å². The van der Waals surface area contributed by atoms with Crippen LogP contribution < -0.4 is 5.32 Å². The van der Waals surface area contributed by atoms with Gasteiger partial charge < -0.3 is 9.88 Å². The molecule has 1 aromatic carbocycles. The van der Waals surface area contributed by atoms with Gasteiger partial charge in [-0.1, -0.05) is 18.2 Å². The lowest BCUT2D eigenvalue weighted by Gasteiger charge is -2.18. The maximum Gasteiger partial charge on any atom is 0.416 e. The molecule has 0 saturated carbocycles. The summed E-state index contributed by atoms with van der Waals surface area (Å²) in [6, 6.07) is 5.69. The molecule has 0 aliphatic carbocycles. The molecule has 3 rings (SSSR count). The number of rotatable bonds is 2. The molecule has 0 saturated heterocycles. The van der Waals surface area contributed by atoms with Crippen LogP contribution in [0.1, 0.15) is 22.6 Å². The molecule has 1 aliphatic rings. The van der Waals surface area contributed by atoms with Crippen LogP contribution in [0.3, 0.4) is 0 Å². The maximum atomic E-state index is 13.0. The highest BCUT2D eigenvalue weighted by molar-refractivity contribution is 5.32. The monoisotopic (exact) mass is 281 g/mol. The molecule has 0 bridgehead atoms. The topological polar surface area (TPSA) is 29.9 Å². The van der Waals surface area contributed by atoms with Crippen molar-refractivity contribution >= 4 is 0 Å². The Bertz CT molecular complexity index is 616. The first-order valence-corrected chi connectivity index (χ1v) is 6.45. The Hall–Kier alpha value is -1.82. The van der Waals surface area contributed by atoms with Gasteiger partial charge in [0.2, 0.25) is 0 Å². The minimum atomic E-state index is -4.32. The van der Waals surface area contributed by atoms with Crippen molar-refractivity contribution in [2.75, 3.05) is 6.54 Å². The first-order chi connectivity index (χ1) is 9.55. The molecule has 1 N–H and O–H groups in total. The third-order valence-electron chi connectivity index (χ3n) is 3.51. The van der Waals surface area contributed by atoms with E-state index in [0.29, 0.717) is 12.4 Å². The summed E-state index contributed by atoms with van der Waals surface area (Å²) in [6.45, 7) is 2.28. The van der Waals surface area contributed by atoms with Crippen LogP contribution in [0.2, 0.25) is 0 Å². The van der Waals surface area contributed by atoms with Crippen LogP contribution in [0.25, 0.3) is 0 Å². The normalized spacial score (nSPS) is 15.2. The zero-order valence-electron chi connectivity index (χ0n) is 10.7. The first-order valence-electron chi connectivity index (χ1n) is 6.45. The third kappa shape index (κ3) is 2.43. The number of nitrogens with one attached hydrogen (secondary N) is 1. The lowest BCUT2D eigenvalue weighted by Crippen LogP contribution is -2.28. The lowest BCUT2D eigenvalue weighted by atomic mass is 10.0. The highest BCUT2D eigenvalue weighted by Crippen LogP contribution is 2.32. The second kappa shape index (κ2) is 4.94. The van der Waals surface area contributed by atoms with Gasteiger partial charge in [0.05, 0.1) is 11.3 Å². The molecule has 2 heterocycles. The van der Waals surface area contributed by atoms with E-state index in [4.69, 9.17) is 0 Å². The van der Waals surface area contributed by atoms with E-state index in [0.717, 1.165) is 24.8 Å². The van der Waals surface area contributed by atoms with Crippen LogP contribution in [0.15, 0.2) is 30.5 Å². The van der Waals surface area contributed by atoms with Crippen LogP contribution in [0.4, 0.5) is 13.2 Å². The van der Waals surface area contributed by atoms with Gasteiger partial charge in [-0.3, -0.25) is 0 Å². The van der Waals surface area contributed by atoms with Crippen LogP contribution >= 0.6 is 0 Å². The lowest BCUT2D eigenvalue weighted by molar-refractivity contribution is -0.138. The van der Waals surface area contributed by atoms with Gasteiger partial charge in [0, 0.05) is 32.3 Å². The van der Waals surface area contributed by atoms with Gasteiger partial charge in [-0.25, -0.2) is 4.98 Å². The van der Waals surface area contributed by atoms with Crippen molar-refractivity contribution in [2.24, 2.45) is 0 Å². The molecule has 0 radical (unpaired) electrons. The van der Waals surface area contributed by atoms with Crippen molar-refractivity contribution in [2.45, 2.75) is 25.7 Å². The Labute approximate surface area is 114 Å². The van der Waals surface area contributed by atoms with Crippen LogP contribution in [0, 0.1) is 0 Å². The fraction of sp³-hybridized carbons (Fsp3) is 0.357. The summed E-state index contributed by atoms with van der Waals surface area (Å²) < 4.78 is 40.9. The van der Waals surface area contributed by atoms with Crippen molar-refractivity contribution in [3.63, 3.8) is 0 Å². The molecule has 106 valence electrons. The SMILES string of the molecule is FC(F)(F)c1ccccc1Cc1ncc2n1CCNC2. The van der Waals surface area contributed by atoms with E-state index in [1.807, 2.05) is 4.57 Å². The van der Waals surface area contributed by atoms with Crippen molar-refractivity contribution in [1.82, 2.24) is 14.9 Å². The van der Waals surface area contributed by atoms with Crippen LogP contribution in [-0.4, -0.2) is 16.1 Å². The molecule has 1 aliphatic heterocycles. The zero-order valence-corrected chi connectivity index (χ0v) is 10.7. The molecule has 0 spiro atoms. The number of benzene rings is 1. The van der Waals surface area contributed by atoms with E-state index in [2.05, 4.69) is 10.3 Å². The molecule has 0 unspecified atom stereocenters. The van der Waals surface area contributed by atoms with Gasteiger partial charge in [-0.2, -0.15) is 13.2 Å². The average molecular weight is 281 g/mol. The van der Waals surface area contributed by atoms with E-state index >= 15 is 0 Å². The Kier molecular flexibility index (Phi) is 3.25. The van der Waals surface area contributed by atoms with Crippen molar-refractivity contribution in [1.29, 1.82) is 0 Å². The second-order valence-electron chi connectivity index (χ2n) is 4.83. The van der Waals surface area contributed by atoms with Gasteiger partial charge >= 0.3 is 6.18 Å². The number of aromatic nitrogens is 2. The summed E-state index contributed by atoms with van der Waals surface area (Å²) in [4.78, 5) is 4.27. The van der Waals surface area contributed by atoms with Gasteiger partial charge in [-0.05, 0) is 11.6 Å². The number of nitrogens with zero attached hydrogens (tertiary/aromatic N) is 2. The Balaban J connectivity index is 1.94. The van der Waals surface area contributed by atoms with E-state index < -0.39 is 11.7 Å². The van der Waals surface area contributed by atoms with E-state index in [-0.39, 0.29) is 12.0 Å². The highest BCUT2D eigenvalue weighted by atomic mass is 19.4. The maximum absolute atomic E-state index is 13.0. The average Bonchev–Trinajstić information content (AvgIpc) is 2.82. The largest absolute Gasteiger partial charge is 0.416 e. The number of hydrogen-bond acceptors (Lipinski definition) is 2. The van der Waals surface area contributed by atoms with Gasteiger partial charge in [0.1, 0.15) is 5.82 Å². The fourth-order valence-corrected chi connectivity index (χ4v) is 2.54. The predicted molar refractivity (Wildman–Crippen MR) is 68.2 cm³/mol. The number of alkyl halides is 3. The third-order valence-corrected chi connectivity index (χ3v) is 3.51. The molecular weight excluding hydrogens is 267 g/mol. The molecule has 6 heteroatoms. The predicted octanol–water partition coefficient (Wildman–Crippen LogP) is 2.60. The minimum Gasteiger partial charge on any atom is -0.329 e. The summed E-state index contributed by atoms with van der Waals surface area (Å²) in [6.07, 6.45) is -2.39. The van der Waals surface area contributed by atoms with Gasteiger partial charge in [0.15, 0.2) is 0 Å². The number of halogens is 3. The standard InChI is InChI=1S/C14H14F3N3/c15-14(16,17)12-4-2-1-3-10(12)7-13-19-9-11-8-18-5-6-20(11)13/h1-4,9,18H,5-8H2. The minimum absolute atomic E-state index is 0.204. The van der Waals surface area contributed by atoms with E-state index in [9.17, 15) is 13.2 Å².